The number of aromatic nitrogens is 3. The minimum atomic E-state index is -3.49. The van der Waals surface area contributed by atoms with Crippen LogP contribution in [0.2, 0.25) is 0 Å². The molecule has 0 radical (unpaired) electrons. The fraction of sp³-hybridized carbons (Fsp3) is 0.200. The molecule has 2 aromatic carbocycles. The third-order valence-corrected chi connectivity index (χ3v) is 7.11. The zero-order valence-corrected chi connectivity index (χ0v) is 16.4. The molecule has 0 aliphatic carbocycles. The number of nitrogens with one attached hydrogen (secondary N) is 2. The normalized spacial score (nSPS) is 12.6. The van der Waals surface area contributed by atoms with Gasteiger partial charge in [0.1, 0.15) is 0 Å². The van der Waals surface area contributed by atoms with Crippen LogP contribution in [0.25, 0.3) is 21.8 Å². The van der Waals surface area contributed by atoms with Crippen LogP contribution in [0.5, 0.6) is 0 Å². The lowest BCUT2D eigenvalue weighted by molar-refractivity contribution is 0.560. The minimum Gasteiger partial charge on any atom is -0.355 e. The van der Waals surface area contributed by atoms with Gasteiger partial charge in [0.2, 0.25) is 5.95 Å². The monoisotopic (exact) mass is 398 g/mol. The first-order valence-corrected chi connectivity index (χ1v) is 10.2. The number of sulfone groups is 1. The van der Waals surface area contributed by atoms with E-state index in [9.17, 15) is 12.8 Å². The molecule has 144 valence electrons. The van der Waals surface area contributed by atoms with Gasteiger partial charge in [0.05, 0.1) is 26.1 Å². The molecule has 0 saturated heterocycles. The first kappa shape index (κ1) is 18.4. The number of halogens is 1. The molecule has 4 aromatic rings. The average Bonchev–Trinajstić information content (AvgIpc) is 3.01. The summed E-state index contributed by atoms with van der Waals surface area (Å²) in [5.41, 5.74) is 2.66. The van der Waals surface area contributed by atoms with Gasteiger partial charge in [0, 0.05) is 23.0 Å². The zero-order valence-electron chi connectivity index (χ0n) is 15.6. The zero-order chi connectivity index (χ0) is 20.1. The van der Waals surface area contributed by atoms with E-state index in [4.69, 9.17) is 0 Å². The van der Waals surface area contributed by atoms with E-state index in [1.54, 1.807) is 69.4 Å². The van der Waals surface area contributed by atoms with Gasteiger partial charge in [-0.1, -0.05) is 0 Å². The lowest BCUT2D eigenvalue weighted by Crippen LogP contribution is -2.27. The summed E-state index contributed by atoms with van der Waals surface area (Å²) in [6.45, 7) is 5.02. The van der Waals surface area contributed by atoms with E-state index in [0.717, 1.165) is 0 Å². The summed E-state index contributed by atoms with van der Waals surface area (Å²) in [7, 11) is -3.49. The van der Waals surface area contributed by atoms with Gasteiger partial charge in [0.15, 0.2) is 9.84 Å². The second-order valence-electron chi connectivity index (χ2n) is 7.55. The standard InChI is InChI=1S/C20H19FN4O2S/c1-20(2,3)28(26,27)13-5-7-16-15(11-13)17(8-9-22-16)23-12-4-6-14-18(10-12)24-25-19(14)21/h4-11H,1-3H3,(H,22,23)(H,24,25). The average molecular weight is 398 g/mol. The summed E-state index contributed by atoms with van der Waals surface area (Å²) >= 11 is 0. The topological polar surface area (TPSA) is 87.7 Å². The van der Waals surface area contributed by atoms with E-state index < -0.39 is 20.5 Å². The van der Waals surface area contributed by atoms with Gasteiger partial charge in [-0.05, 0) is 63.2 Å². The molecular weight excluding hydrogens is 379 g/mol. The van der Waals surface area contributed by atoms with E-state index in [0.29, 0.717) is 33.2 Å². The maximum atomic E-state index is 13.5. The molecule has 8 heteroatoms. The molecule has 0 unspecified atom stereocenters. The third kappa shape index (κ3) is 2.99. The molecule has 0 fully saturated rings. The molecule has 0 amide bonds. The number of nitrogens with zero attached hydrogens (tertiary/aromatic N) is 2. The highest BCUT2D eigenvalue weighted by molar-refractivity contribution is 7.92. The van der Waals surface area contributed by atoms with Crippen molar-refractivity contribution in [2.75, 3.05) is 5.32 Å². The molecule has 0 saturated carbocycles. The Morgan fingerprint density at radius 2 is 1.82 bits per heavy atom. The Morgan fingerprint density at radius 3 is 2.57 bits per heavy atom. The van der Waals surface area contributed by atoms with Crippen molar-refractivity contribution >= 4 is 43.0 Å². The maximum absolute atomic E-state index is 13.5. The highest BCUT2D eigenvalue weighted by atomic mass is 32.2. The number of benzene rings is 2. The van der Waals surface area contributed by atoms with Crippen LogP contribution >= 0.6 is 0 Å². The minimum absolute atomic E-state index is 0.245. The van der Waals surface area contributed by atoms with Gasteiger partial charge in [-0.15, -0.1) is 5.10 Å². The van der Waals surface area contributed by atoms with E-state index in [2.05, 4.69) is 20.5 Å². The van der Waals surface area contributed by atoms with Crippen molar-refractivity contribution in [2.24, 2.45) is 0 Å². The van der Waals surface area contributed by atoms with E-state index in [-0.39, 0.29) is 4.90 Å². The van der Waals surface area contributed by atoms with Gasteiger partial charge in [0.25, 0.3) is 0 Å². The number of anilines is 2. The van der Waals surface area contributed by atoms with Gasteiger partial charge < -0.3 is 5.32 Å². The van der Waals surface area contributed by atoms with Crippen LogP contribution < -0.4 is 5.32 Å². The summed E-state index contributed by atoms with van der Waals surface area (Å²) in [6.07, 6.45) is 1.65. The number of fused-ring (bicyclic) bond motifs is 2. The largest absolute Gasteiger partial charge is 0.355 e. The first-order chi connectivity index (χ1) is 13.2. The summed E-state index contributed by atoms with van der Waals surface area (Å²) in [5, 5.41) is 10.6. The van der Waals surface area contributed by atoms with Crippen molar-refractivity contribution in [3.63, 3.8) is 0 Å². The SMILES string of the molecule is CC(C)(C)S(=O)(=O)c1ccc2nccc(Nc3ccc4c(F)n[nH]c4c3)c2c1. The third-order valence-electron chi connectivity index (χ3n) is 4.62. The molecule has 2 N–H and O–H groups in total. The lowest BCUT2D eigenvalue weighted by atomic mass is 10.1. The molecule has 0 atom stereocenters. The number of rotatable bonds is 3. The van der Waals surface area contributed by atoms with E-state index >= 15 is 0 Å². The van der Waals surface area contributed by atoms with Crippen molar-refractivity contribution in [3.8, 4) is 0 Å². The predicted molar refractivity (Wildman–Crippen MR) is 108 cm³/mol. The molecule has 0 aliphatic heterocycles. The summed E-state index contributed by atoms with van der Waals surface area (Å²) in [5.74, 6) is -0.548. The fourth-order valence-corrected chi connectivity index (χ4v) is 4.20. The van der Waals surface area contributed by atoms with Crippen molar-refractivity contribution in [1.82, 2.24) is 15.2 Å². The van der Waals surface area contributed by atoms with Crippen LogP contribution in [0, 0.1) is 5.95 Å². The fourth-order valence-electron chi connectivity index (χ4n) is 2.97. The molecule has 4 rings (SSSR count). The van der Waals surface area contributed by atoms with Gasteiger partial charge in [-0.25, -0.2) is 8.42 Å². The Bertz CT molecular complexity index is 1310. The Morgan fingerprint density at radius 1 is 1.04 bits per heavy atom. The number of hydrogen-bond acceptors (Lipinski definition) is 5. The molecular formula is C20H19FN4O2S. The molecule has 0 aliphatic rings. The number of H-pyrrole nitrogens is 1. The van der Waals surface area contributed by atoms with Crippen molar-refractivity contribution in [3.05, 3.63) is 54.6 Å². The smallest absolute Gasteiger partial charge is 0.240 e. The summed E-state index contributed by atoms with van der Waals surface area (Å²) in [6, 6.07) is 11.8. The van der Waals surface area contributed by atoms with Crippen LogP contribution in [-0.2, 0) is 9.84 Å². The predicted octanol–water partition coefficient (Wildman–Crippen LogP) is 4.57. The Balaban J connectivity index is 1.81. The van der Waals surface area contributed by atoms with Gasteiger partial charge in [-0.2, -0.15) is 4.39 Å². The Kier molecular flexibility index (Phi) is 4.11. The van der Waals surface area contributed by atoms with Gasteiger partial charge in [-0.3, -0.25) is 10.1 Å². The van der Waals surface area contributed by atoms with Crippen molar-refractivity contribution in [1.29, 1.82) is 0 Å². The molecule has 28 heavy (non-hydrogen) atoms. The Hall–Kier alpha value is -3.00. The lowest BCUT2D eigenvalue weighted by Gasteiger charge is -2.20. The quantitative estimate of drug-likeness (QED) is 0.528. The second-order valence-corrected chi connectivity index (χ2v) is 10.3. The molecule has 2 aromatic heterocycles. The van der Waals surface area contributed by atoms with Crippen LogP contribution in [-0.4, -0.2) is 28.3 Å². The highest BCUT2D eigenvalue weighted by Crippen LogP contribution is 2.31. The van der Waals surface area contributed by atoms with Crippen molar-refractivity contribution < 1.29 is 12.8 Å². The van der Waals surface area contributed by atoms with Crippen LogP contribution in [0.4, 0.5) is 15.8 Å². The van der Waals surface area contributed by atoms with Crippen LogP contribution in [0.1, 0.15) is 20.8 Å². The highest BCUT2D eigenvalue weighted by Gasteiger charge is 2.31. The number of pyridine rings is 1. The number of hydrogen-bond donors (Lipinski definition) is 2. The van der Waals surface area contributed by atoms with Crippen LogP contribution in [0.3, 0.4) is 0 Å². The van der Waals surface area contributed by atoms with E-state index in [1.807, 2.05) is 0 Å². The maximum Gasteiger partial charge on any atom is 0.240 e. The number of aromatic amines is 1. The summed E-state index contributed by atoms with van der Waals surface area (Å²) < 4.78 is 38.3. The van der Waals surface area contributed by atoms with Gasteiger partial charge >= 0.3 is 0 Å². The summed E-state index contributed by atoms with van der Waals surface area (Å²) in [4.78, 5) is 4.57. The van der Waals surface area contributed by atoms with E-state index in [1.165, 1.54) is 0 Å². The first-order valence-electron chi connectivity index (χ1n) is 8.71. The molecule has 6 nitrogen and oxygen atoms in total. The Labute approximate surface area is 161 Å². The second kappa shape index (κ2) is 6.27. The molecule has 0 bridgehead atoms. The molecule has 2 heterocycles. The molecule has 0 spiro atoms. The van der Waals surface area contributed by atoms with Crippen molar-refractivity contribution in [2.45, 2.75) is 30.4 Å². The van der Waals surface area contributed by atoms with Crippen LogP contribution in [0.15, 0.2) is 53.6 Å².